The zero-order chi connectivity index (χ0) is 16.5. The highest BCUT2D eigenvalue weighted by atomic mass is 16.5. The second-order valence-electron chi connectivity index (χ2n) is 5.44. The fourth-order valence-electron chi connectivity index (χ4n) is 2.82. The number of pyridine rings is 1. The maximum Gasteiger partial charge on any atom is 0.205 e. The van der Waals surface area contributed by atoms with E-state index in [1.54, 1.807) is 19.5 Å². The van der Waals surface area contributed by atoms with Gasteiger partial charge in [0.15, 0.2) is 0 Å². The summed E-state index contributed by atoms with van der Waals surface area (Å²) < 4.78 is 7.16. The number of fused-ring (bicyclic) bond motifs is 1. The summed E-state index contributed by atoms with van der Waals surface area (Å²) in [6.07, 6.45) is 3.57. The monoisotopic (exact) mass is 316 g/mol. The Labute approximate surface area is 139 Å². The highest BCUT2D eigenvalue weighted by Gasteiger charge is 2.11. The number of hydrogen-bond acceptors (Lipinski definition) is 4. The standard InChI is InChI=1S/C19H16N4O/c1-24-16-5-3-15(4-6-16)23-18-12-14(13-8-10-21-11-9-13)2-7-17(18)22-19(23)20/h2-12H,1H3,(H2,20,22). The zero-order valence-electron chi connectivity index (χ0n) is 13.2. The lowest BCUT2D eigenvalue weighted by molar-refractivity contribution is 0.415. The molecule has 0 amide bonds. The van der Waals surface area contributed by atoms with Gasteiger partial charge in [0.2, 0.25) is 5.95 Å². The first-order valence-electron chi connectivity index (χ1n) is 7.59. The van der Waals surface area contributed by atoms with Crippen molar-refractivity contribution in [1.82, 2.24) is 14.5 Å². The maximum atomic E-state index is 6.16. The van der Waals surface area contributed by atoms with Crippen molar-refractivity contribution in [3.8, 4) is 22.6 Å². The van der Waals surface area contributed by atoms with Crippen LogP contribution in [-0.2, 0) is 0 Å². The molecule has 24 heavy (non-hydrogen) atoms. The van der Waals surface area contributed by atoms with Gasteiger partial charge in [0.1, 0.15) is 5.75 Å². The van der Waals surface area contributed by atoms with E-state index in [-0.39, 0.29) is 0 Å². The number of nitrogen functional groups attached to an aromatic ring is 1. The van der Waals surface area contributed by atoms with Gasteiger partial charge in [-0.1, -0.05) is 6.07 Å². The first-order chi connectivity index (χ1) is 11.8. The predicted molar refractivity (Wildman–Crippen MR) is 95.3 cm³/mol. The molecule has 2 aromatic heterocycles. The van der Waals surface area contributed by atoms with E-state index >= 15 is 0 Å². The van der Waals surface area contributed by atoms with Crippen molar-refractivity contribution in [2.75, 3.05) is 12.8 Å². The van der Waals surface area contributed by atoms with Gasteiger partial charge in [-0.2, -0.15) is 0 Å². The molecule has 0 aliphatic rings. The Kier molecular flexibility index (Phi) is 3.39. The third kappa shape index (κ3) is 2.36. The molecule has 5 nitrogen and oxygen atoms in total. The van der Waals surface area contributed by atoms with Crippen LogP contribution in [0.2, 0.25) is 0 Å². The summed E-state index contributed by atoms with van der Waals surface area (Å²) in [5.41, 5.74) is 11.1. The van der Waals surface area contributed by atoms with E-state index in [2.05, 4.69) is 16.0 Å². The lowest BCUT2D eigenvalue weighted by Crippen LogP contribution is -2.00. The van der Waals surface area contributed by atoms with Crippen molar-refractivity contribution in [3.05, 3.63) is 67.0 Å². The van der Waals surface area contributed by atoms with E-state index in [1.165, 1.54) is 0 Å². The fourth-order valence-corrected chi connectivity index (χ4v) is 2.82. The van der Waals surface area contributed by atoms with Gasteiger partial charge in [-0.15, -0.1) is 0 Å². The molecule has 2 aromatic carbocycles. The Morgan fingerprint density at radius 1 is 0.917 bits per heavy atom. The zero-order valence-corrected chi connectivity index (χ0v) is 13.2. The number of anilines is 1. The van der Waals surface area contributed by atoms with Crippen LogP contribution in [0.4, 0.5) is 5.95 Å². The molecular formula is C19H16N4O. The highest BCUT2D eigenvalue weighted by Crippen LogP contribution is 2.28. The molecule has 0 aliphatic carbocycles. The summed E-state index contributed by atoms with van der Waals surface area (Å²) in [5, 5.41) is 0. The third-order valence-corrected chi connectivity index (χ3v) is 4.02. The highest BCUT2D eigenvalue weighted by molar-refractivity contribution is 5.85. The third-order valence-electron chi connectivity index (χ3n) is 4.02. The number of nitrogens with two attached hydrogens (primary N) is 1. The molecule has 4 rings (SSSR count). The van der Waals surface area contributed by atoms with Crippen LogP contribution in [0.1, 0.15) is 0 Å². The molecule has 4 aromatic rings. The maximum absolute atomic E-state index is 6.16. The largest absolute Gasteiger partial charge is 0.497 e. The summed E-state index contributed by atoms with van der Waals surface area (Å²) in [5.74, 6) is 1.27. The van der Waals surface area contributed by atoms with Gasteiger partial charge < -0.3 is 10.5 Å². The SMILES string of the molecule is COc1ccc(-n2c(N)nc3ccc(-c4ccncc4)cc32)cc1. The smallest absolute Gasteiger partial charge is 0.205 e. The van der Waals surface area contributed by atoms with Crippen LogP contribution in [0.15, 0.2) is 67.0 Å². The minimum absolute atomic E-state index is 0.460. The molecule has 5 heteroatoms. The molecule has 0 spiro atoms. The van der Waals surface area contributed by atoms with Crippen molar-refractivity contribution in [2.24, 2.45) is 0 Å². The van der Waals surface area contributed by atoms with Gasteiger partial charge in [0.25, 0.3) is 0 Å². The normalized spacial score (nSPS) is 10.9. The molecule has 0 aliphatic heterocycles. The number of benzene rings is 2. The van der Waals surface area contributed by atoms with Crippen LogP contribution in [0, 0.1) is 0 Å². The molecule has 0 atom stereocenters. The number of nitrogens with zero attached hydrogens (tertiary/aromatic N) is 3. The van der Waals surface area contributed by atoms with Gasteiger partial charge in [-0.25, -0.2) is 4.98 Å². The molecule has 2 heterocycles. The molecule has 0 radical (unpaired) electrons. The van der Waals surface area contributed by atoms with Crippen LogP contribution in [0.5, 0.6) is 5.75 Å². The van der Waals surface area contributed by atoms with E-state index in [0.29, 0.717) is 5.95 Å². The van der Waals surface area contributed by atoms with E-state index in [9.17, 15) is 0 Å². The summed E-state index contributed by atoms with van der Waals surface area (Å²) in [6, 6.07) is 17.9. The van der Waals surface area contributed by atoms with E-state index in [0.717, 1.165) is 33.6 Å². The number of methoxy groups -OCH3 is 1. The quantitative estimate of drug-likeness (QED) is 0.626. The van der Waals surface area contributed by atoms with Crippen molar-refractivity contribution in [2.45, 2.75) is 0 Å². The van der Waals surface area contributed by atoms with Crippen molar-refractivity contribution in [1.29, 1.82) is 0 Å². The van der Waals surface area contributed by atoms with Crippen molar-refractivity contribution in [3.63, 3.8) is 0 Å². The molecule has 0 bridgehead atoms. The Morgan fingerprint density at radius 2 is 1.67 bits per heavy atom. The van der Waals surface area contributed by atoms with E-state index in [4.69, 9.17) is 10.5 Å². The van der Waals surface area contributed by atoms with Gasteiger partial charge in [-0.05, 0) is 59.7 Å². The first kappa shape index (κ1) is 14.3. The lowest BCUT2D eigenvalue weighted by atomic mass is 10.1. The van der Waals surface area contributed by atoms with Crippen LogP contribution >= 0.6 is 0 Å². The van der Waals surface area contributed by atoms with Gasteiger partial charge >= 0.3 is 0 Å². The number of hydrogen-bond donors (Lipinski definition) is 1. The summed E-state index contributed by atoms with van der Waals surface area (Å²) >= 11 is 0. The lowest BCUT2D eigenvalue weighted by Gasteiger charge is -2.08. The Balaban J connectivity index is 1.89. The first-order valence-corrected chi connectivity index (χ1v) is 7.59. The summed E-state index contributed by atoms with van der Waals surface area (Å²) in [6.45, 7) is 0. The van der Waals surface area contributed by atoms with Gasteiger partial charge in [0.05, 0.1) is 18.1 Å². The van der Waals surface area contributed by atoms with Crippen molar-refractivity contribution >= 4 is 17.0 Å². The Morgan fingerprint density at radius 3 is 2.38 bits per heavy atom. The molecule has 0 saturated heterocycles. The number of rotatable bonds is 3. The molecule has 0 unspecified atom stereocenters. The molecule has 0 saturated carbocycles. The van der Waals surface area contributed by atoms with Crippen LogP contribution in [0.3, 0.4) is 0 Å². The van der Waals surface area contributed by atoms with Crippen LogP contribution < -0.4 is 10.5 Å². The van der Waals surface area contributed by atoms with Crippen LogP contribution in [-0.4, -0.2) is 21.6 Å². The minimum atomic E-state index is 0.460. The number of aromatic nitrogens is 3. The minimum Gasteiger partial charge on any atom is -0.497 e. The number of imidazole rings is 1. The van der Waals surface area contributed by atoms with E-state index < -0.39 is 0 Å². The fraction of sp³-hybridized carbons (Fsp3) is 0.0526. The predicted octanol–water partition coefficient (Wildman–Crippen LogP) is 3.68. The van der Waals surface area contributed by atoms with Gasteiger partial charge in [-0.3, -0.25) is 9.55 Å². The molecule has 2 N–H and O–H groups in total. The molecule has 118 valence electrons. The second kappa shape index (κ2) is 5.70. The summed E-state index contributed by atoms with van der Waals surface area (Å²) in [7, 11) is 1.65. The summed E-state index contributed by atoms with van der Waals surface area (Å²) in [4.78, 5) is 8.53. The average molecular weight is 316 g/mol. The van der Waals surface area contributed by atoms with Crippen LogP contribution in [0.25, 0.3) is 27.8 Å². The van der Waals surface area contributed by atoms with Crippen molar-refractivity contribution < 1.29 is 4.74 Å². The number of ether oxygens (including phenoxy) is 1. The van der Waals surface area contributed by atoms with E-state index in [1.807, 2.05) is 53.1 Å². The Hall–Kier alpha value is -3.34. The topological polar surface area (TPSA) is 66.0 Å². The molecule has 0 fully saturated rings. The molecular weight excluding hydrogens is 300 g/mol. The average Bonchev–Trinajstić information content (AvgIpc) is 2.97. The second-order valence-corrected chi connectivity index (χ2v) is 5.44. The van der Waals surface area contributed by atoms with Gasteiger partial charge in [0, 0.05) is 18.1 Å². The Bertz CT molecular complexity index is 991.